The van der Waals surface area contributed by atoms with Crippen molar-refractivity contribution in [3.63, 3.8) is 0 Å². The monoisotopic (exact) mass is 365 g/mol. The smallest absolute Gasteiger partial charge is 0.0864 e. The summed E-state index contributed by atoms with van der Waals surface area (Å²) >= 11 is 0. The van der Waals surface area contributed by atoms with Gasteiger partial charge in [-0.05, 0) is 65.6 Å². The molecule has 0 bridgehead atoms. The maximum absolute atomic E-state index is 7.87. The third-order valence-corrected chi connectivity index (χ3v) is 4.32. The van der Waals surface area contributed by atoms with Gasteiger partial charge in [0.1, 0.15) is 0 Å². The number of pyridine rings is 1. The molecular weight excluding hydrogens is 342 g/mol. The van der Waals surface area contributed by atoms with E-state index in [1.807, 2.05) is 48.5 Å². The fourth-order valence-corrected chi connectivity index (χ4v) is 2.97. The summed E-state index contributed by atoms with van der Waals surface area (Å²) in [5, 5.41) is 11.3. The number of hydrogen-bond acceptors (Lipinski definition) is 3. The number of aromatic nitrogens is 1. The topological polar surface area (TPSA) is 48.8 Å². The van der Waals surface area contributed by atoms with Gasteiger partial charge in [0.25, 0.3) is 0 Å². The van der Waals surface area contributed by atoms with Gasteiger partial charge in [-0.15, -0.1) is 0 Å². The van der Waals surface area contributed by atoms with E-state index in [1.54, 1.807) is 18.3 Å². The number of benzene rings is 2. The Morgan fingerprint density at radius 2 is 1.79 bits per heavy atom. The number of nitrogens with one attached hydrogen (secondary N) is 2. The quantitative estimate of drug-likeness (QED) is 0.384. The van der Waals surface area contributed by atoms with Gasteiger partial charge in [0.15, 0.2) is 0 Å². The molecule has 0 saturated heterocycles. The standard InChI is InChI=1S/C25H23N3/c1-4-8-25(24-9-6-7-14-27-24)28-22-16-18(3)15-21(17-22)19-10-12-20(13-11-19)23(26)5-2/h4-17,26,28H,1-2H2,3H3/b25-8-,26-23?. The Bertz CT molecular complexity index is 1030. The van der Waals surface area contributed by atoms with Gasteiger partial charge < -0.3 is 10.7 Å². The minimum atomic E-state index is 0.424. The summed E-state index contributed by atoms with van der Waals surface area (Å²) < 4.78 is 0. The molecule has 1 aromatic heterocycles. The van der Waals surface area contributed by atoms with E-state index in [2.05, 4.69) is 48.6 Å². The minimum Gasteiger partial charge on any atom is -0.354 e. The summed E-state index contributed by atoms with van der Waals surface area (Å²) in [5.74, 6) is 0. The van der Waals surface area contributed by atoms with Crippen LogP contribution in [0.5, 0.6) is 0 Å². The molecule has 0 spiro atoms. The number of hydrogen-bond donors (Lipinski definition) is 2. The molecule has 3 aromatic rings. The van der Waals surface area contributed by atoms with Gasteiger partial charge in [-0.3, -0.25) is 4.98 Å². The molecule has 2 N–H and O–H groups in total. The van der Waals surface area contributed by atoms with Crippen LogP contribution < -0.4 is 5.32 Å². The normalized spacial score (nSPS) is 11.0. The zero-order valence-electron chi connectivity index (χ0n) is 15.9. The van der Waals surface area contributed by atoms with Crippen molar-refractivity contribution in [3.05, 3.63) is 115 Å². The van der Waals surface area contributed by atoms with Gasteiger partial charge in [-0.2, -0.15) is 0 Å². The second kappa shape index (κ2) is 8.78. The molecule has 3 rings (SSSR count). The molecule has 0 saturated carbocycles. The lowest BCUT2D eigenvalue weighted by molar-refractivity contribution is 1.27. The van der Waals surface area contributed by atoms with E-state index in [-0.39, 0.29) is 0 Å². The average Bonchev–Trinajstić information content (AvgIpc) is 2.73. The number of nitrogens with zero attached hydrogens (tertiary/aromatic N) is 1. The summed E-state index contributed by atoms with van der Waals surface area (Å²) in [7, 11) is 0. The maximum Gasteiger partial charge on any atom is 0.0864 e. The lowest BCUT2D eigenvalue weighted by Crippen LogP contribution is -2.01. The largest absolute Gasteiger partial charge is 0.354 e. The molecule has 0 amide bonds. The van der Waals surface area contributed by atoms with Crippen LogP contribution in [0.4, 0.5) is 5.69 Å². The van der Waals surface area contributed by atoms with Crippen LogP contribution in [0.1, 0.15) is 16.8 Å². The molecule has 1 heterocycles. The summed E-state index contributed by atoms with van der Waals surface area (Å²) in [5.41, 5.74) is 7.37. The first kappa shape index (κ1) is 19.1. The molecule has 0 radical (unpaired) electrons. The fourth-order valence-electron chi connectivity index (χ4n) is 2.97. The van der Waals surface area contributed by atoms with Crippen LogP contribution in [-0.2, 0) is 0 Å². The highest BCUT2D eigenvalue weighted by atomic mass is 14.9. The Labute approximate surface area is 166 Å². The summed E-state index contributed by atoms with van der Waals surface area (Å²) in [6.07, 6.45) is 6.99. The van der Waals surface area contributed by atoms with Gasteiger partial charge >= 0.3 is 0 Å². The van der Waals surface area contributed by atoms with Gasteiger partial charge in [0.05, 0.1) is 17.1 Å². The predicted molar refractivity (Wildman–Crippen MR) is 120 cm³/mol. The number of aryl methyl sites for hydroxylation is 1. The molecule has 138 valence electrons. The summed E-state index contributed by atoms with van der Waals surface area (Å²) in [4.78, 5) is 4.42. The number of anilines is 1. The Morgan fingerprint density at radius 1 is 1.00 bits per heavy atom. The lowest BCUT2D eigenvalue weighted by Gasteiger charge is -2.13. The SMILES string of the molecule is C=C/C=C(\Nc1cc(C)cc(-c2ccc(C(=N)C=C)cc2)c1)c1ccccn1. The van der Waals surface area contributed by atoms with Gasteiger partial charge in [-0.1, -0.05) is 55.6 Å². The molecule has 3 nitrogen and oxygen atoms in total. The maximum atomic E-state index is 7.87. The van der Waals surface area contributed by atoms with Crippen molar-refractivity contribution >= 4 is 17.1 Å². The molecule has 3 heteroatoms. The van der Waals surface area contributed by atoms with E-state index in [0.717, 1.165) is 39.3 Å². The number of rotatable bonds is 7. The van der Waals surface area contributed by atoms with Crippen molar-refractivity contribution in [1.29, 1.82) is 5.41 Å². The highest BCUT2D eigenvalue weighted by Crippen LogP contribution is 2.27. The molecule has 2 aromatic carbocycles. The second-order valence-electron chi connectivity index (χ2n) is 6.44. The van der Waals surface area contributed by atoms with Gasteiger partial charge in [0.2, 0.25) is 0 Å². The Kier molecular flexibility index (Phi) is 5.97. The van der Waals surface area contributed by atoms with E-state index in [1.165, 1.54) is 0 Å². The first-order valence-electron chi connectivity index (χ1n) is 9.05. The van der Waals surface area contributed by atoms with Crippen molar-refractivity contribution in [1.82, 2.24) is 4.98 Å². The second-order valence-corrected chi connectivity index (χ2v) is 6.44. The van der Waals surface area contributed by atoms with Crippen molar-refractivity contribution in [2.45, 2.75) is 6.92 Å². The molecule has 28 heavy (non-hydrogen) atoms. The first-order chi connectivity index (χ1) is 13.6. The van der Waals surface area contributed by atoms with Crippen molar-refractivity contribution < 1.29 is 0 Å². The van der Waals surface area contributed by atoms with Crippen molar-refractivity contribution in [2.24, 2.45) is 0 Å². The summed E-state index contributed by atoms with van der Waals surface area (Å²) in [6, 6.07) is 20.2. The van der Waals surface area contributed by atoms with Crippen LogP contribution in [0.15, 0.2) is 98.2 Å². The lowest BCUT2D eigenvalue weighted by atomic mass is 10.00. The van der Waals surface area contributed by atoms with Crippen LogP contribution >= 0.6 is 0 Å². The minimum absolute atomic E-state index is 0.424. The summed E-state index contributed by atoms with van der Waals surface area (Å²) in [6.45, 7) is 9.55. The van der Waals surface area contributed by atoms with Crippen molar-refractivity contribution in [3.8, 4) is 11.1 Å². The van der Waals surface area contributed by atoms with Crippen LogP contribution in [0.3, 0.4) is 0 Å². The molecular formula is C25H23N3. The van der Waals surface area contributed by atoms with Crippen LogP contribution in [0, 0.1) is 12.3 Å². The van der Waals surface area contributed by atoms with Gasteiger partial charge in [-0.25, -0.2) is 0 Å². The molecule has 0 fully saturated rings. The Balaban J connectivity index is 1.93. The van der Waals surface area contributed by atoms with Crippen LogP contribution in [0.25, 0.3) is 16.8 Å². The highest BCUT2D eigenvalue weighted by molar-refractivity contribution is 6.06. The molecule has 0 unspecified atom stereocenters. The predicted octanol–water partition coefficient (Wildman–Crippen LogP) is 6.25. The average molecular weight is 365 g/mol. The van der Waals surface area contributed by atoms with Crippen LogP contribution in [0.2, 0.25) is 0 Å². The van der Waals surface area contributed by atoms with Crippen LogP contribution in [-0.4, -0.2) is 10.7 Å². The molecule has 0 aliphatic heterocycles. The van der Waals surface area contributed by atoms with Crippen molar-refractivity contribution in [2.75, 3.05) is 5.32 Å². The van der Waals surface area contributed by atoms with E-state index in [4.69, 9.17) is 5.41 Å². The fraction of sp³-hybridized carbons (Fsp3) is 0.0400. The molecule has 0 aliphatic carbocycles. The van der Waals surface area contributed by atoms with Gasteiger partial charge in [0, 0.05) is 11.9 Å². The Hall–Kier alpha value is -3.72. The third kappa shape index (κ3) is 4.51. The first-order valence-corrected chi connectivity index (χ1v) is 9.05. The van der Waals surface area contributed by atoms with E-state index in [9.17, 15) is 0 Å². The van der Waals surface area contributed by atoms with E-state index in [0.29, 0.717) is 5.71 Å². The zero-order chi connectivity index (χ0) is 19.9. The molecule has 0 atom stereocenters. The number of allylic oxidation sites excluding steroid dienone is 3. The zero-order valence-corrected chi connectivity index (χ0v) is 15.9. The Morgan fingerprint density at radius 3 is 2.43 bits per heavy atom. The van der Waals surface area contributed by atoms with E-state index >= 15 is 0 Å². The van der Waals surface area contributed by atoms with E-state index < -0.39 is 0 Å². The third-order valence-electron chi connectivity index (χ3n) is 4.32. The molecule has 0 aliphatic rings. The highest BCUT2D eigenvalue weighted by Gasteiger charge is 2.06.